The summed E-state index contributed by atoms with van der Waals surface area (Å²) >= 11 is 1.55. The lowest BCUT2D eigenvalue weighted by Gasteiger charge is -2.13. The quantitative estimate of drug-likeness (QED) is 0.254. The minimum atomic E-state index is -3.23. The van der Waals surface area contributed by atoms with Crippen LogP contribution in [0.2, 0.25) is 0 Å². The fraction of sp³-hybridized carbons (Fsp3) is 0.238. The highest BCUT2D eigenvalue weighted by Gasteiger charge is 2.11. The van der Waals surface area contributed by atoms with E-state index in [1.54, 1.807) is 18.4 Å². The molecule has 2 aromatic carbocycles. The van der Waals surface area contributed by atoms with E-state index in [-0.39, 0.29) is 36.3 Å². The van der Waals surface area contributed by atoms with Gasteiger partial charge in [0.25, 0.3) is 0 Å². The van der Waals surface area contributed by atoms with E-state index in [4.69, 9.17) is 0 Å². The molecule has 0 amide bonds. The number of nitrogens with zero attached hydrogens (tertiary/aromatic N) is 2. The van der Waals surface area contributed by atoms with Crippen LogP contribution in [-0.4, -0.2) is 32.7 Å². The summed E-state index contributed by atoms with van der Waals surface area (Å²) in [6, 6.07) is 14.1. The molecule has 0 bridgehead atoms. The average molecular weight is 574 g/mol. The first-order chi connectivity index (χ1) is 14.3. The largest absolute Gasteiger partial charge is 0.352 e. The SMILES string of the molecule is CN=C(NCc1nc(-c2ccccc2)cs1)NCc1cc(F)ccc1CS(C)(=O)=O.I. The van der Waals surface area contributed by atoms with E-state index in [1.807, 2.05) is 35.7 Å². The molecule has 1 heterocycles. The number of rotatable bonds is 7. The van der Waals surface area contributed by atoms with Crippen molar-refractivity contribution in [2.45, 2.75) is 18.8 Å². The summed E-state index contributed by atoms with van der Waals surface area (Å²) in [4.78, 5) is 8.80. The van der Waals surface area contributed by atoms with E-state index in [0.29, 0.717) is 23.6 Å². The van der Waals surface area contributed by atoms with Crippen LogP contribution < -0.4 is 10.6 Å². The predicted molar refractivity (Wildman–Crippen MR) is 135 cm³/mol. The minimum absolute atomic E-state index is 0. The van der Waals surface area contributed by atoms with Crippen LogP contribution in [0.25, 0.3) is 11.3 Å². The second-order valence-electron chi connectivity index (χ2n) is 6.75. The Labute approximate surface area is 203 Å². The fourth-order valence-electron chi connectivity index (χ4n) is 2.87. The summed E-state index contributed by atoms with van der Waals surface area (Å²) in [6.45, 7) is 0.728. The van der Waals surface area contributed by atoms with Gasteiger partial charge in [0.1, 0.15) is 10.8 Å². The fourth-order valence-corrected chi connectivity index (χ4v) is 4.46. The van der Waals surface area contributed by atoms with Crippen LogP contribution in [0.4, 0.5) is 4.39 Å². The number of sulfone groups is 1. The van der Waals surface area contributed by atoms with Gasteiger partial charge in [0.15, 0.2) is 15.8 Å². The first kappa shape index (κ1) is 25.2. The second kappa shape index (κ2) is 11.5. The lowest BCUT2D eigenvalue weighted by Crippen LogP contribution is -2.36. The van der Waals surface area contributed by atoms with E-state index in [2.05, 4.69) is 20.6 Å². The van der Waals surface area contributed by atoms with Crippen molar-refractivity contribution in [1.29, 1.82) is 0 Å². The molecule has 0 aliphatic carbocycles. The molecule has 0 radical (unpaired) electrons. The van der Waals surface area contributed by atoms with Gasteiger partial charge in [0, 0.05) is 30.8 Å². The molecule has 2 N–H and O–H groups in total. The van der Waals surface area contributed by atoms with Crippen LogP contribution in [0, 0.1) is 5.82 Å². The number of guanidine groups is 1. The molecule has 166 valence electrons. The summed E-state index contributed by atoms with van der Waals surface area (Å²) < 4.78 is 36.9. The first-order valence-electron chi connectivity index (χ1n) is 9.23. The monoisotopic (exact) mass is 574 g/mol. The van der Waals surface area contributed by atoms with Gasteiger partial charge in [-0.1, -0.05) is 36.4 Å². The zero-order chi connectivity index (χ0) is 21.6. The van der Waals surface area contributed by atoms with Gasteiger partial charge in [0.2, 0.25) is 0 Å². The Morgan fingerprint density at radius 3 is 2.48 bits per heavy atom. The number of benzene rings is 2. The highest BCUT2D eigenvalue weighted by molar-refractivity contribution is 14.0. The summed E-state index contributed by atoms with van der Waals surface area (Å²) in [5, 5.41) is 9.19. The molecule has 0 aliphatic heterocycles. The van der Waals surface area contributed by atoms with Crippen LogP contribution in [0.5, 0.6) is 0 Å². The van der Waals surface area contributed by atoms with Gasteiger partial charge < -0.3 is 10.6 Å². The van der Waals surface area contributed by atoms with Crippen LogP contribution in [0.1, 0.15) is 16.1 Å². The number of thiazole rings is 1. The molecule has 31 heavy (non-hydrogen) atoms. The number of hydrogen-bond donors (Lipinski definition) is 2. The molecule has 0 unspecified atom stereocenters. The number of halogens is 2. The summed E-state index contributed by atoms with van der Waals surface area (Å²) in [6.07, 6.45) is 1.16. The van der Waals surface area contributed by atoms with Crippen molar-refractivity contribution in [3.8, 4) is 11.3 Å². The maximum Gasteiger partial charge on any atom is 0.191 e. The minimum Gasteiger partial charge on any atom is -0.352 e. The highest BCUT2D eigenvalue weighted by atomic mass is 127. The third kappa shape index (κ3) is 7.86. The standard InChI is InChI=1S/C21H23FN4O2S2.HI/c1-23-21(24-11-17-10-18(22)9-8-16(17)14-30(2,27)28)25-12-20-26-19(13-29-20)15-6-4-3-5-7-15;/h3-10,13H,11-12,14H2,1-2H3,(H2,23,24,25);1H. The van der Waals surface area contributed by atoms with Gasteiger partial charge in [0.05, 0.1) is 18.0 Å². The van der Waals surface area contributed by atoms with Crippen molar-refractivity contribution < 1.29 is 12.8 Å². The van der Waals surface area contributed by atoms with Gasteiger partial charge in [-0.25, -0.2) is 17.8 Å². The molecule has 0 saturated carbocycles. The molecule has 3 aromatic rings. The van der Waals surface area contributed by atoms with E-state index in [1.165, 1.54) is 18.2 Å². The molecule has 0 spiro atoms. The number of hydrogen-bond acceptors (Lipinski definition) is 5. The van der Waals surface area contributed by atoms with E-state index in [0.717, 1.165) is 22.5 Å². The summed E-state index contributed by atoms with van der Waals surface area (Å²) in [5.74, 6) is -0.0400. The van der Waals surface area contributed by atoms with Gasteiger partial charge in [-0.05, 0) is 23.3 Å². The molecule has 10 heteroatoms. The molecule has 0 aliphatic rings. The van der Waals surface area contributed by atoms with Crippen LogP contribution >= 0.6 is 35.3 Å². The van der Waals surface area contributed by atoms with Crippen LogP contribution in [0.15, 0.2) is 58.9 Å². The zero-order valence-electron chi connectivity index (χ0n) is 17.1. The van der Waals surface area contributed by atoms with E-state index in [9.17, 15) is 12.8 Å². The Morgan fingerprint density at radius 2 is 1.81 bits per heavy atom. The molecule has 1 aromatic heterocycles. The number of aliphatic imine (C=N–C) groups is 1. The molecular weight excluding hydrogens is 550 g/mol. The summed E-state index contributed by atoms with van der Waals surface area (Å²) in [7, 11) is -1.59. The highest BCUT2D eigenvalue weighted by Crippen LogP contribution is 2.21. The number of aromatic nitrogens is 1. The number of nitrogens with one attached hydrogen (secondary N) is 2. The van der Waals surface area contributed by atoms with Crippen molar-refractivity contribution in [3.63, 3.8) is 0 Å². The molecule has 0 atom stereocenters. The molecular formula is C21H24FIN4O2S2. The van der Waals surface area contributed by atoms with Gasteiger partial charge in [-0.2, -0.15) is 0 Å². The van der Waals surface area contributed by atoms with Gasteiger partial charge >= 0.3 is 0 Å². The van der Waals surface area contributed by atoms with Crippen molar-refractivity contribution in [2.75, 3.05) is 13.3 Å². The van der Waals surface area contributed by atoms with Crippen molar-refractivity contribution in [1.82, 2.24) is 15.6 Å². The predicted octanol–water partition coefficient (Wildman–Crippen LogP) is 3.98. The molecule has 6 nitrogen and oxygen atoms in total. The van der Waals surface area contributed by atoms with Gasteiger partial charge in [-0.15, -0.1) is 35.3 Å². The van der Waals surface area contributed by atoms with Crippen molar-refractivity contribution in [2.24, 2.45) is 4.99 Å². The summed E-state index contributed by atoms with van der Waals surface area (Å²) in [5.41, 5.74) is 3.12. The Hall–Kier alpha value is -2.05. The third-order valence-electron chi connectivity index (χ3n) is 4.28. The lowest BCUT2D eigenvalue weighted by atomic mass is 10.1. The normalized spacial score (nSPS) is 11.6. The molecule has 0 fully saturated rings. The Kier molecular flexibility index (Phi) is 9.38. The van der Waals surface area contributed by atoms with Crippen LogP contribution in [0.3, 0.4) is 0 Å². The van der Waals surface area contributed by atoms with Crippen molar-refractivity contribution >= 4 is 51.1 Å². The maximum absolute atomic E-state index is 13.7. The second-order valence-corrected chi connectivity index (χ2v) is 9.84. The van der Waals surface area contributed by atoms with E-state index < -0.39 is 15.7 Å². The van der Waals surface area contributed by atoms with Crippen LogP contribution in [-0.2, 0) is 28.7 Å². The average Bonchev–Trinajstić information content (AvgIpc) is 3.19. The Bertz CT molecular complexity index is 1140. The zero-order valence-corrected chi connectivity index (χ0v) is 21.1. The molecule has 0 saturated heterocycles. The maximum atomic E-state index is 13.7. The van der Waals surface area contributed by atoms with E-state index >= 15 is 0 Å². The van der Waals surface area contributed by atoms with Gasteiger partial charge in [-0.3, -0.25) is 4.99 Å². The first-order valence-corrected chi connectivity index (χ1v) is 12.2. The topological polar surface area (TPSA) is 83.4 Å². The Balaban J connectivity index is 0.00000341. The Morgan fingerprint density at radius 1 is 1.10 bits per heavy atom. The molecule has 3 rings (SSSR count). The smallest absolute Gasteiger partial charge is 0.191 e. The third-order valence-corrected chi connectivity index (χ3v) is 5.97. The van der Waals surface area contributed by atoms with Crippen molar-refractivity contribution in [3.05, 3.63) is 75.9 Å². The lowest BCUT2D eigenvalue weighted by molar-refractivity contribution is 0.599.